The second-order valence-corrected chi connectivity index (χ2v) is 8.64. The molecule has 12 heteroatoms. The van der Waals surface area contributed by atoms with Crippen LogP contribution in [0.2, 0.25) is 0 Å². The Bertz CT molecular complexity index is 1550. The topological polar surface area (TPSA) is 112 Å². The third-order valence-electron chi connectivity index (χ3n) is 5.56. The minimum Gasteiger partial charge on any atom is -0.457 e. The molecule has 2 aromatic carbocycles. The largest absolute Gasteiger partial charge is 0.457 e. The quantitative estimate of drug-likeness (QED) is 0.249. The van der Waals surface area contributed by atoms with E-state index in [1.807, 2.05) is 26.0 Å². The van der Waals surface area contributed by atoms with Gasteiger partial charge in [0.1, 0.15) is 18.0 Å². The van der Waals surface area contributed by atoms with Crippen molar-refractivity contribution in [2.24, 2.45) is 0 Å². The zero-order valence-electron chi connectivity index (χ0n) is 20.3. The van der Waals surface area contributed by atoms with Crippen molar-refractivity contribution in [1.29, 1.82) is 0 Å². The molecule has 4 rings (SSSR count). The molecule has 192 valence electrons. The molecule has 0 saturated carbocycles. The third-order valence-corrected chi connectivity index (χ3v) is 5.56. The van der Waals surface area contributed by atoms with Crippen molar-refractivity contribution < 1.29 is 27.6 Å². The van der Waals surface area contributed by atoms with Crippen molar-refractivity contribution in [2.45, 2.75) is 40.4 Å². The number of amides is 1. The maximum Gasteiger partial charge on any atom is 0.417 e. The number of halogens is 3. The van der Waals surface area contributed by atoms with Crippen LogP contribution in [0.4, 0.5) is 24.5 Å². The number of carbonyl (C=O) groups excluding carboxylic acids is 1. The lowest BCUT2D eigenvalue weighted by molar-refractivity contribution is -0.384. The third kappa shape index (κ3) is 5.52. The minimum absolute atomic E-state index is 0.0715. The van der Waals surface area contributed by atoms with Crippen LogP contribution in [0.5, 0.6) is 11.5 Å². The normalized spacial score (nSPS) is 11.5. The van der Waals surface area contributed by atoms with Gasteiger partial charge in [-0.05, 0) is 51.0 Å². The van der Waals surface area contributed by atoms with Crippen LogP contribution < -0.4 is 10.1 Å². The van der Waals surface area contributed by atoms with E-state index >= 15 is 0 Å². The number of rotatable bonds is 6. The second kappa shape index (κ2) is 9.52. The first-order chi connectivity index (χ1) is 17.3. The lowest BCUT2D eigenvalue weighted by Crippen LogP contribution is -2.20. The average molecular weight is 513 g/mol. The molecule has 0 spiro atoms. The smallest absolute Gasteiger partial charge is 0.417 e. The van der Waals surface area contributed by atoms with Crippen LogP contribution in [-0.4, -0.2) is 25.6 Å². The highest BCUT2D eigenvalue weighted by molar-refractivity contribution is 5.92. The van der Waals surface area contributed by atoms with Gasteiger partial charge in [0.2, 0.25) is 5.91 Å². The van der Waals surface area contributed by atoms with Crippen LogP contribution in [0, 0.1) is 37.8 Å². The number of fused-ring (bicyclic) bond motifs is 1. The summed E-state index contributed by atoms with van der Waals surface area (Å²) in [5.74, 6) is -0.0386. The lowest BCUT2D eigenvalue weighted by atomic mass is 10.1. The number of non-ortho nitro benzene ring substituents is 1. The van der Waals surface area contributed by atoms with Gasteiger partial charge in [0.25, 0.3) is 5.69 Å². The summed E-state index contributed by atoms with van der Waals surface area (Å²) in [5, 5.41) is 17.9. The molecule has 0 aliphatic heterocycles. The Kier molecular flexibility index (Phi) is 6.59. The summed E-state index contributed by atoms with van der Waals surface area (Å²) in [4.78, 5) is 27.8. The maximum atomic E-state index is 13.6. The van der Waals surface area contributed by atoms with Crippen molar-refractivity contribution in [3.8, 4) is 11.5 Å². The minimum atomic E-state index is -4.62. The highest BCUT2D eigenvalue weighted by atomic mass is 19.4. The predicted molar refractivity (Wildman–Crippen MR) is 130 cm³/mol. The zero-order valence-corrected chi connectivity index (χ0v) is 20.3. The van der Waals surface area contributed by atoms with Gasteiger partial charge in [0.15, 0.2) is 5.65 Å². The first-order valence-electron chi connectivity index (χ1n) is 11.1. The first kappa shape index (κ1) is 25.6. The SMILES string of the molecule is Cc1ccc(C)c(Oc2cc(NC(=O)Cn3nc(C)c4c(C(F)(F)F)cc(C)nc43)cc([N+](=O)[O-])c2)c1. The maximum absolute atomic E-state index is 13.6. The van der Waals surface area contributed by atoms with E-state index in [0.29, 0.717) is 5.75 Å². The predicted octanol–water partition coefficient (Wildman–Crippen LogP) is 6.02. The summed E-state index contributed by atoms with van der Waals surface area (Å²) in [7, 11) is 0. The van der Waals surface area contributed by atoms with Crippen molar-refractivity contribution in [1.82, 2.24) is 14.8 Å². The number of nitrogens with one attached hydrogen (secondary N) is 1. The van der Waals surface area contributed by atoms with Crippen LogP contribution >= 0.6 is 0 Å². The van der Waals surface area contributed by atoms with E-state index in [4.69, 9.17) is 4.74 Å². The molecule has 9 nitrogen and oxygen atoms in total. The number of nitrogens with zero attached hydrogens (tertiary/aromatic N) is 4. The molecule has 1 N–H and O–H groups in total. The number of hydrogen-bond donors (Lipinski definition) is 1. The molecule has 0 saturated heterocycles. The summed E-state index contributed by atoms with van der Waals surface area (Å²) >= 11 is 0. The molecule has 2 aromatic heterocycles. The number of ether oxygens (including phenoxy) is 1. The Balaban J connectivity index is 1.64. The number of nitro groups is 1. The molecule has 2 heterocycles. The fourth-order valence-electron chi connectivity index (χ4n) is 3.91. The second-order valence-electron chi connectivity index (χ2n) is 8.64. The monoisotopic (exact) mass is 513 g/mol. The molecule has 0 atom stereocenters. The summed E-state index contributed by atoms with van der Waals surface area (Å²) < 4.78 is 47.6. The van der Waals surface area contributed by atoms with Crippen molar-refractivity contribution >= 4 is 28.3 Å². The Morgan fingerprint density at radius 3 is 2.51 bits per heavy atom. The molecule has 37 heavy (non-hydrogen) atoms. The Hall–Kier alpha value is -4.48. The van der Waals surface area contributed by atoms with E-state index in [2.05, 4.69) is 15.4 Å². The van der Waals surface area contributed by atoms with Crippen molar-refractivity contribution in [2.75, 3.05) is 5.32 Å². The van der Waals surface area contributed by atoms with E-state index < -0.39 is 29.1 Å². The number of aryl methyl sites for hydroxylation is 4. The molecule has 0 fully saturated rings. The summed E-state index contributed by atoms with van der Waals surface area (Å²) in [5.41, 5.74) is 0.724. The van der Waals surface area contributed by atoms with Crippen molar-refractivity contribution in [3.63, 3.8) is 0 Å². The molecule has 0 unspecified atom stereocenters. The van der Waals surface area contributed by atoms with E-state index in [1.165, 1.54) is 26.0 Å². The van der Waals surface area contributed by atoms with Crippen LogP contribution in [0.25, 0.3) is 11.0 Å². The van der Waals surface area contributed by atoms with Gasteiger partial charge in [0.05, 0.1) is 33.3 Å². The molecular weight excluding hydrogens is 491 g/mol. The zero-order chi connectivity index (χ0) is 27.1. The fraction of sp³-hybridized carbons (Fsp3) is 0.240. The van der Waals surface area contributed by atoms with Gasteiger partial charge < -0.3 is 10.1 Å². The molecular formula is C25H22F3N5O4. The number of aromatic nitrogens is 3. The molecule has 0 aliphatic carbocycles. The molecule has 4 aromatic rings. The summed E-state index contributed by atoms with van der Waals surface area (Å²) in [6.45, 7) is 6.06. The highest BCUT2D eigenvalue weighted by Gasteiger charge is 2.35. The molecule has 0 radical (unpaired) electrons. The van der Waals surface area contributed by atoms with Crippen LogP contribution in [0.3, 0.4) is 0 Å². The van der Waals surface area contributed by atoms with E-state index in [0.717, 1.165) is 27.9 Å². The van der Waals surface area contributed by atoms with Gasteiger partial charge in [-0.3, -0.25) is 14.9 Å². The number of pyridine rings is 1. The summed E-state index contributed by atoms with van der Waals surface area (Å²) in [6, 6.07) is 10.3. The van der Waals surface area contributed by atoms with Crippen LogP contribution in [-0.2, 0) is 17.5 Å². The number of hydrogen-bond acceptors (Lipinski definition) is 6. The van der Waals surface area contributed by atoms with Gasteiger partial charge in [-0.25, -0.2) is 9.67 Å². The molecule has 0 aliphatic rings. The molecule has 0 bridgehead atoms. The molecule has 1 amide bonds. The number of benzene rings is 2. The van der Waals surface area contributed by atoms with Gasteiger partial charge in [-0.2, -0.15) is 18.3 Å². The highest BCUT2D eigenvalue weighted by Crippen LogP contribution is 2.36. The van der Waals surface area contributed by atoms with E-state index in [9.17, 15) is 28.1 Å². The first-order valence-corrected chi connectivity index (χ1v) is 11.1. The number of nitro benzene ring substituents is 1. The van der Waals surface area contributed by atoms with E-state index in [-0.39, 0.29) is 39.5 Å². The summed E-state index contributed by atoms with van der Waals surface area (Å²) in [6.07, 6.45) is -4.62. The standard InChI is InChI=1S/C25H22F3N5O4/c1-13-5-6-14(2)21(7-13)37-19-10-17(9-18(11-19)33(35)36)30-22(34)12-32-24-23(16(4)31-32)20(25(26,27)28)8-15(3)29-24/h5-11H,12H2,1-4H3,(H,30,34). The fourth-order valence-corrected chi connectivity index (χ4v) is 3.91. The number of anilines is 1. The van der Waals surface area contributed by atoms with Gasteiger partial charge in [-0.15, -0.1) is 0 Å². The van der Waals surface area contributed by atoms with Crippen molar-refractivity contribution in [3.05, 3.63) is 80.7 Å². The van der Waals surface area contributed by atoms with Gasteiger partial charge in [-0.1, -0.05) is 12.1 Å². The average Bonchev–Trinajstić information content (AvgIpc) is 3.09. The number of carbonyl (C=O) groups is 1. The Morgan fingerprint density at radius 1 is 1.11 bits per heavy atom. The van der Waals surface area contributed by atoms with Gasteiger partial charge >= 0.3 is 6.18 Å². The van der Waals surface area contributed by atoms with Crippen LogP contribution in [0.1, 0.15) is 28.1 Å². The lowest BCUT2D eigenvalue weighted by Gasteiger charge is -2.12. The van der Waals surface area contributed by atoms with Gasteiger partial charge in [0, 0.05) is 17.8 Å². The van der Waals surface area contributed by atoms with Crippen LogP contribution in [0.15, 0.2) is 42.5 Å². The Labute approximate surface area is 209 Å². The number of alkyl halides is 3. The Morgan fingerprint density at radius 2 is 1.84 bits per heavy atom. The van der Waals surface area contributed by atoms with E-state index in [1.54, 1.807) is 6.07 Å².